The van der Waals surface area contributed by atoms with E-state index in [1.165, 1.54) is 32.4 Å². The van der Waals surface area contributed by atoms with Crippen LogP contribution in [-0.4, -0.2) is 30.0 Å². The first-order valence-corrected chi connectivity index (χ1v) is 12.2. The van der Waals surface area contributed by atoms with E-state index in [0.717, 1.165) is 22.6 Å². The van der Waals surface area contributed by atoms with Gasteiger partial charge in [0.25, 0.3) is 0 Å². The Morgan fingerprint density at radius 1 is 1.00 bits per heavy atom. The summed E-state index contributed by atoms with van der Waals surface area (Å²) in [6.45, 7) is 12.2. The molecule has 1 saturated heterocycles. The van der Waals surface area contributed by atoms with Gasteiger partial charge in [0, 0.05) is 22.9 Å². The summed E-state index contributed by atoms with van der Waals surface area (Å²) in [5.41, 5.74) is 6.02. The number of nitrogens with zero attached hydrogens (tertiary/aromatic N) is 3. The summed E-state index contributed by atoms with van der Waals surface area (Å²) >= 11 is 12.3. The standard InChI is InChI=1S/C17H12Cl2N4.C7H15N.C2H6/c1-20-21-16-10-14(11-6-8-12(18)9-7-11)17(23-22-16)13-4-2-3-5-15(13)19;1-2-7-3-5-8-6-4-7;1-2/h2-10H,1H2,(H,21,22);7-8H,2-6H2,1H3;1-2H3. The molecule has 2 aromatic carbocycles. The Hall–Kier alpha value is -2.47. The molecule has 0 atom stereocenters. The lowest BCUT2D eigenvalue weighted by molar-refractivity contribution is 0.365. The summed E-state index contributed by atoms with van der Waals surface area (Å²) in [5, 5.41) is 16.7. The van der Waals surface area contributed by atoms with E-state index < -0.39 is 0 Å². The smallest absolute Gasteiger partial charge is 0.169 e. The van der Waals surface area contributed by atoms with Gasteiger partial charge >= 0.3 is 0 Å². The Balaban J connectivity index is 0.000000323. The van der Waals surface area contributed by atoms with Crippen LogP contribution in [0, 0.1) is 5.92 Å². The van der Waals surface area contributed by atoms with E-state index in [2.05, 4.69) is 39.7 Å². The number of halogens is 2. The molecule has 33 heavy (non-hydrogen) atoms. The minimum atomic E-state index is 0.501. The molecule has 7 heteroatoms. The largest absolute Gasteiger partial charge is 0.317 e. The van der Waals surface area contributed by atoms with E-state index in [1.807, 2.05) is 68.4 Å². The molecule has 4 rings (SSSR count). The van der Waals surface area contributed by atoms with Crippen molar-refractivity contribution in [1.82, 2.24) is 15.5 Å². The van der Waals surface area contributed by atoms with Gasteiger partial charge in [0.2, 0.25) is 0 Å². The Kier molecular flexibility index (Phi) is 11.9. The van der Waals surface area contributed by atoms with Gasteiger partial charge in [-0.25, -0.2) is 0 Å². The number of nitrogens with one attached hydrogen (secondary N) is 2. The maximum atomic E-state index is 6.31. The summed E-state index contributed by atoms with van der Waals surface area (Å²) in [6.07, 6.45) is 4.18. The third-order valence-electron chi connectivity index (χ3n) is 5.31. The van der Waals surface area contributed by atoms with Crippen molar-refractivity contribution in [2.24, 2.45) is 11.0 Å². The lowest BCUT2D eigenvalue weighted by Gasteiger charge is -2.20. The van der Waals surface area contributed by atoms with Gasteiger partial charge in [-0.15, -0.1) is 10.2 Å². The third-order valence-corrected chi connectivity index (χ3v) is 5.89. The molecule has 2 N–H and O–H groups in total. The maximum Gasteiger partial charge on any atom is 0.169 e. The molecule has 5 nitrogen and oxygen atoms in total. The molecule has 3 aromatic rings. The highest BCUT2D eigenvalue weighted by Gasteiger charge is 2.14. The van der Waals surface area contributed by atoms with Gasteiger partial charge in [0.15, 0.2) is 5.82 Å². The Morgan fingerprint density at radius 3 is 2.24 bits per heavy atom. The second-order valence-corrected chi connectivity index (χ2v) is 8.19. The highest BCUT2D eigenvalue weighted by molar-refractivity contribution is 6.33. The molecule has 1 aliphatic heterocycles. The Morgan fingerprint density at radius 2 is 1.67 bits per heavy atom. The second kappa shape index (κ2) is 14.6. The molecule has 0 saturated carbocycles. The van der Waals surface area contributed by atoms with E-state index in [9.17, 15) is 0 Å². The number of aromatic nitrogens is 2. The molecule has 0 spiro atoms. The van der Waals surface area contributed by atoms with Crippen LogP contribution in [-0.2, 0) is 0 Å². The zero-order valence-corrected chi connectivity index (χ0v) is 21.1. The molecule has 1 aromatic heterocycles. The van der Waals surface area contributed by atoms with Crippen LogP contribution in [0.5, 0.6) is 0 Å². The van der Waals surface area contributed by atoms with Crippen LogP contribution < -0.4 is 10.7 Å². The molecule has 176 valence electrons. The third kappa shape index (κ3) is 8.11. The van der Waals surface area contributed by atoms with Gasteiger partial charge in [0.1, 0.15) is 5.69 Å². The zero-order valence-electron chi connectivity index (χ0n) is 19.6. The number of benzene rings is 2. The van der Waals surface area contributed by atoms with Crippen LogP contribution >= 0.6 is 23.2 Å². The van der Waals surface area contributed by atoms with Crippen molar-refractivity contribution in [2.45, 2.75) is 40.0 Å². The highest BCUT2D eigenvalue weighted by atomic mass is 35.5. The molecule has 0 unspecified atom stereocenters. The second-order valence-electron chi connectivity index (χ2n) is 7.35. The summed E-state index contributed by atoms with van der Waals surface area (Å²) in [6, 6.07) is 16.9. The quantitative estimate of drug-likeness (QED) is 0.288. The average Bonchev–Trinajstić information content (AvgIpc) is 2.87. The summed E-state index contributed by atoms with van der Waals surface area (Å²) in [5.74, 6) is 1.53. The first-order chi connectivity index (χ1) is 16.1. The highest BCUT2D eigenvalue weighted by Crippen LogP contribution is 2.35. The SMILES string of the molecule is C=NNc1cc(-c2ccc(Cl)cc2)c(-c2ccccc2Cl)nn1.CC.CCC1CCNCC1. The minimum absolute atomic E-state index is 0.501. The molecule has 0 radical (unpaired) electrons. The molecule has 1 fully saturated rings. The lowest BCUT2D eigenvalue weighted by Crippen LogP contribution is -2.27. The number of hydrogen-bond donors (Lipinski definition) is 2. The van der Waals surface area contributed by atoms with Crippen molar-refractivity contribution in [1.29, 1.82) is 0 Å². The fourth-order valence-electron chi connectivity index (χ4n) is 3.52. The first-order valence-electron chi connectivity index (χ1n) is 11.4. The van der Waals surface area contributed by atoms with Gasteiger partial charge in [-0.3, -0.25) is 5.43 Å². The van der Waals surface area contributed by atoms with E-state index in [4.69, 9.17) is 23.2 Å². The van der Waals surface area contributed by atoms with E-state index in [-0.39, 0.29) is 0 Å². The van der Waals surface area contributed by atoms with Gasteiger partial charge in [-0.05, 0) is 61.7 Å². The van der Waals surface area contributed by atoms with Crippen molar-refractivity contribution in [2.75, 3.05) is 18.5 Å². The summed E-state index contributed by atoms with van der Waals surface area (Å²) in [4.78, 5) is 0. The Bertz CT molecular complexity index is 986. The Labute approximate surface area is 207 Å². The van der Waals surface area contributed by atoms with Crippen molar-refractivity contribution < 1.29 is 0 Å². The predicted octanol–water partition coefficient (Wildman–Crippen LogP) is 7.57. The number of anilines is 1. The van der Waals surface area contributed by atoms with E-state index in [1.54, 1.807) is 0 Å². The van der Waals surface area contributed by atoms with Crippen LogP contribution in [0.4, 0.5) is 5.82 Å². The number of piperidine rings is 1. The molecular formula is C26H33Cl2N5. The van der Waals surface area contributed by atoms with Crippen LogP contribution in [0.2, 0.25) is 10.0 Å². The molecule has 0 bridgehead atoms. The fourth-order valence-corrected chi connectivity index (χ4v) is 3.87. The summed E-state index contributed by atoms with van der Waals surface area (Å²) in [7, 11) is 0. The maximum absolute atomic E-state index is 6.31. The monoisotopic (exact) mass is 485 g/mol. The van der Waals surface area contributed by atoms with Gasteiger partial charge in [0.05, 0.1) is 5.02 Å². The van der Waals surface area contributed by atoms with Crippen molar-refractivity contribution in [3.63, 3.8) is 0 Å². The van der Waals surface area contributed by atoms with E-state index >= 15 is 0 Å². The number of rotatable bonds is 5. The topological polar surface area (TPSA) is 62.2 Å². The molecule has 2 heterocycles. The zero-order chi connectivity index (χ0) is 24.1. The lowest BCUT2D eigenvalue weighted by atomic mass is 9.96. The molecule has 0 aliphatic carbocycles. The minimum Gasteiger partial charge on any atom is -0.317 e. The predicted molar refractivity (Wildman–Crippen MR) is 143 cm³/mol. The normalized spacial score (nSPS) is 13.1. The van der Waals surface area contributed by atoms with Crippen LogP contribution in [0.25, 0.3) is 22.4 Å². The molecular weight excluding hydrogens is 453 g/mol. The molecule has 0 amide bonds. The van der Waals surface area contributed by atoms with Crippen LogP contribution in [0.3, 0.4) is 0 Å². The van der Waals surface area contributed by atoms with Gasteiger partial charge in [-0.2, -0.15) is 5.10 Å². The number of hydrazone groups is 1. The number of hydrogen-bond acceptors (Lipinski definition) is 5. The van der Waals surface area contributed by atoms with Crippen molar-refractivity contribution >= 4 is 35.7 Å². The molecule has 1 aliphatic rings. The van der Waals surface area contributed by atoms with Crippen LogP contribution in [0.15, 0.2) is 59.7 Å². The fraction of sp³-hybridized carbons (Fsp3) is 0.346. The van der Waals surface area contributed by atoms with E-state index in [0.29, 0.717) is 21.6 Å². The van der Waals surface area contributed by atoms with Gasteiger partial charge < -0.3 is 5.32 Å². The van der Waals surface area contributed by atoms with Crippen LogP contribution in [0.1, 0.15) is 40.0 Å². The van der Waals surface area contributed by atoms with Crippen molar-refractivity contribution in [3.05, 3.63) is 64.6 Å². The van der Waals surface area contributed by atoms with Gasteiger partial charge in [-0.1, -0.05) is 80.7 Å². The first kappa shape index (κ1) is 26.8. The van der Waals surface area contributed by atoms with Crippen molar-refractivity contribution in [3.8, 4) is 22.4 Å². The average molecular weight is 486 g/mol. The summed E-state index contributed by atoms with van der Waals surface area (Å²) < 4.78 is 0.